The summed E-state index contributed by atoms with van der Waals surface area (Å²) in [5, 5.41) is 3.65. The summed E-state index contributed by atoms with van der Waals surface area (Å²) in [5.41, 5.74) is 14.0. The maximum Gasteiger partial charge on any atom is 0.269 e. The quantitative estimate of drug-likeness (QED) is 0.513. The zero-order valence-corrected chi connectivity index (χ0v) is 14.7. The highest BCUT2D eigenvalue weighted by Gasteiger charge is 2.10. The smallest absolute Gasteiger partial charge is 0.269 e. The molecule has 0 aliphatic heterocycles. The van der Waals surface area contributed by atoms with Crippen molar-refractivity contribution in [3.05, 3.63) is 71.0 Å². The summed E-state index contributed by atoms with van der Waals surface area (Å²) in [6, 6.07) is 14.4. The summed E-state index contributed by atoms with van der Waals surface area (Å²) in [4.78, 5) is 20.3. The van der Waals surface area contributed by atoms with Crippen LogP contribution in [0.15, 0.2) is 54.9 Å². The molecule has 132 valence electrons. The van der Waals surface area contributed by atoms with Gasteiger partial charge >= 0.3 is 0 Å². The van der Waals surface area contributed by atoms with Gasteiger partial charge in [-0.1, -0.05) is 35.4 Å². The monoisotopic (exact) mass is 368 g/mol. The third kappa shape index (κ3) is 4.20. The Morgan fingerprint density at radius 2 is 1.81 bits per heavy atom. The Kier molecular flexibility index (Phi) is 5.19. The molecule has 0 fully saturated rings. The number of nitrogens with two attached hydrogens (primary N) is 1. The fourth-order valence-electron chi connectivity index (χ4n) is 2.19. The van der Waals surface area contributed by atoms with E-state index in [2.05, 4.69) is 26.1 Å². The second-order valence-electron chi connectivity index (χ2n) is 5.57. The number of hydrogen-bond donors (Lipinski definition) is 4. The molecule has 2 aromatic carbocycles. The molecule has 8 heteroatoms. The number of aromatic nitrogens is 2. The van der Waals surface area contributed by atoms with Gasteiger partial charge < -0.3 is 11.1 Å². The SMILES string of the molecule is Cc1ccc(C(=O)NNc2ncnc(Nc3cccc(Cl)c3)c2N)cc1. The zero-order chi connectivity index (χ0) is 18.5. The molecule has 0 radical (unpaired) electrons. The average molecular weight is 369 g/mol. The predicted molar refractivity (Wildman–Crippen MR) is 103 cm³/mol. The zero-order valence-electron chi connectivity index (χ0n) is 14.0. The number of amides is 1. The van der Waals surface area contributed by atoms with E-state index in [1.54, 1.807) is 24.3 Å². The molecule has 3 aromatic rings. The second kappa shape index (κ2) is 7.71. The van der Waals surface area contributed by atoms with Crippen molar-refractivity contribution in [2.75, 3.05) is 16.5 Å². The first-order valence-corrected chi connectivity index (χ1v) is 8.17. The van der Waals surface area contributed by atoms with E-state index in [9.17, 15) is 4.79 Å². The van der Waals surface area contributed by atoms with Gasteiger partial charge in [0.15, 0.2) is 11.6 Å². The lowest BCUT2D eigenvalue weighted by Crippen LogP contribution is -2.30. The number of carbonyl (C=O) groups excluding carboxylic acids is 1. The van der Waals surface area contributed by atoms with Crippen LogP contribution >= 0.6 is 11.6 Å². The van der Waals surface area contributed by atoms with Crippen LogP contribution < -0.4 is 21.9 Å². The van der Waals surface area contributed by atoms with Gasteiger partial charge in [0, 0.05) is 16.3 Å². The summed E-state index contributed by atoms with van der Waals surface area (Å²) in [6.45, 7) is 1.95. The molecule has 1 aromatic heterocycles. The number of nitrogen functional groups attached to an aromatic ring is 1. The number of hydrogen-bond acceptors (Lipinski definition) is 6. The number of aryl methyl sites for hydroxylation is 1. The number of carbonyl (C=O) groups is 1. The van der Waals surface area contributed by atoms with Gasteiger partial charge in [-0.25, -0.2) is 9.97 Å². The van der Waals surface area contributed by atoms with Crippen LogP contribution in [0.1, 0.15) is 15.9 Å². The van der Waals surface area contributed by atoms with Gasteiger partial charge in [-0.05, 0) is 37.3 Å². The van der Waals surface area contributed by atoms with Crippen LogP contribution in [0.2, 0.25) is 5.02 Å². The Morgan fingerprint density at radius 3 is 2.54 bits per heavy atom. The summed E-state index contributed by atoms with van der Waals surface area (Å²) in [7, 11) is 0. The Bertz CT molecular complexity index is 929. The van der Waals surface area contributed by atoms with Gasteiger partial charge in [-0.15, -0.1) is 0 Å². The van der Waals surface area contributed by atoms with Crippen molar-refractivity contribution in [3.63, 3.8) is 0 Å². The second-order valence-corrected chi connectivity index (χ2v) is 6.00. The van der Waals surface area contributed by atoms with Gasteiger partial charge in [0.2, 0.25) is 0 Å². The van der Waals surface area contributed by atoms with Crippen molar-refractivity contribution in [1.29, 1.82) is 0 Å². The molecule has 7 nitrogen and oxygen atoms in total. The van der Waals surface area contributed by atoms with Gasteiger partial charge in [0.05, 0.1) is 0 Å². The maximum atomic E-state index is 12.2. The lowest BCUT2D eigenvalue weighted by atomic mass is 10.1. The molecule has 0 spiro atoms. The van der Waals surface area contributed by atoms with Crippen LogP contribution in [0.3, 0.4) is 0 Å². The Hall–Kier alpha value is -3.32. The van der Waals surface area contributed by atoms with Crippen LogP contribution in [-0.4, -0.2) is 15.9 Å². The van der Waals surface area contributed by atoms with Gasteiger partial charge in [0.25, 0.3) is 5.91 Å². The summed E-state index contributed by atoms with van der Waals surface area (Å²) in [5.74, 6) is 0.381. The van der Waals surface area contributed by atoms with Crippen LogP contribution in [0, 0.1) is 6.92 Å². The number of halogens is 1. The minimum absolute atomic E-state index is 0.261. The summed E-state index contributed by atoms with van der Waals surface area (Å²) < 4.78 is 0. The van der Waals surface area contributed by atoms with Crippen LogP contribution in [-0.2, 0) is 0 Å². The fourth-order valence-corrected chi connectivity index (χ4v) is 2.38. The fraction of sp³-hybridized carbons (Fsp3) is 0.0556. The molecule has 0 atom stereocenters. The van der Waals surface area contributed by atoms with E-state index >= 15 is 0 Å². The lowest BCUT2D eigenvalue weighted by molar-refractivity contribution is 0.0962. The highest BCUT2D eigenvalue weighted by Crippen LogP contribution is 2.26. The van der Waals surface area contributed by atoms with E-state index in [0.29, 0.717) is 16.4 Å². The third-order valence-electron chi connectivity index (χ3n) is 3.58. The Balaban J connectivity index is 1.70. The predicted octanol–water partition coefficient (Wildman–Crippen LogP) is 3.52. The van der Waals surface area contributed by atoms with Crippen molar-refractivity contribution in [3.8, 4) is 0 Å². The van der Waals surface area contributed by atoms with E-state index in [1.165, 1.54) is 6.33 Å². The number of nitrogens with zero attached hydrogens (tertiary/aromatic N) is 2. The third-order valence-corrected chi connectivity index (χ3v) is 3.81. The van der Waals surface area contributed by atoms with Crippen molar-refractivity contribution in [2.24, 2.45) is 0 Å². The summed E-state index contributed by atoms with van der Waals surface area (Å²) in [6.07, 6.45) is 1.34. The average Bonchev–Trinajstić information content (AvgIpc) is 2.63. The molecule has 5 N–H and O–H groups in total. The van der Waals surface area contributed by atoms with E-state index in [1.807, 2.05) is 31.2 Å². The van der Waals surface area contributed by atoms with E-state index in [0.717, 1.165) is 11.3 Å². The molecule has 3 rings (SSSR count). The van der Waals surface area contributed by atoms with Crippen LogP contribution in [0.5, 0.6) is 0 Å². The number of anilines is 4. The standard InChI is InChI=1S/C18H17ClN6O/c1-11-5-7-12(8-6-11)18(26)25-24-17-15(20)16(21-10-22-17)23-14-4-2-3-13(19)9-14/h2-10H,20H2,1H3,(H,25,26)(H2,21,22,23,24). The first-order chi connectivity index (χ1) is 12.5. The molecular formula is C18H17ClN6O. The largest absolute Gasteiger partial charge is 0.393 e. The normalized spacial score (nSPS) is 10.2. The van der Waals surface area contributed by atoms with E-state index in [4.69, 9.17) is 17.3 Å². The summed E-state index contributed by atoms with van der Waals surface area (Å²) >= 11 is 5.97. The molecule has 1 amide bonds. The van der Waals surface area contributed by atoms with Crippen molar-refractivity contribution < 1.29 is 4.79 Å². The molecule has 0 unspecified atom stereocenters. The molecule has 0 aliphatic carbocycles. The molecule has 0 saturated carbocycles. The molecular weight excluding hydrogens is 352 g/mol. The molecule has 0 aliphatic rings. The van der Waals surface area contributed by atoms with Crippen LogP contribution in [0.4, 0.5) is 23.0 Å². The first-order valence-electron chi connectivity index (χ1n) is 7.79. The van der Waals surface area contributed by atoms with Crippen molar-refractivity contribution in [1.82, 2.24) is 15.4 Å². The topological polar surface area (TPSA) is 105 Å². The maximum absolute atomic E-state index is 12.2. The molecule has 0 bridgehead atoms. The van der Waals surface area contributed by atoms with Crippen molar-refractivity contribution in [2.45, 2.75) is 6.92 Å². The van der Waals surface area contributed by atoms with Gasteiger partial charge in [-0.2, -0.15) is 0 Å². The minimum Gasteiger partial charge on any atom is -0.393 e. The number of hydrazine groups is 1. The van der Waals surface area contributed by atoms with E-state index < -0.39 is 0 Å². The van der Waals surface area contributed by atoms with Crippen molar-refractivity contribution >= 4 is 40.5 Å². The Labute approximate surface area is 155 Å². The number of nitrogens with one attached hydrogen (secondary N) is 3. The first kappa shape index (κ1) is 17.5. The Morgan fingerprint density at radius 1 is 1.08 bits per heavy atom. The highest BCUT2D eigenvalue weighted by atomic mass is 35.5. The van der Waals surface area contributed by atoms with E-state index in [-0.39, 0.29) is 17.4 Å². The van der Waals surface area contributed by atoms with Gasteiger partial charge in [-0.3, -0.25) is 15.6 Å². The number of rotatable bonds is 5. The molecule has 26 heavy (non-hydrogen) atoms. The lowest BCUT2D eigenvalue weighted by Gasteiger charge is -2.13. The molecule has 1 heterocycles. The van der Waals surface area contributed by atoms with Crippen LogP contribution in [0.25, 0.3) is 0 Å². The number of benzene rings is 2. The van der Waals surface area contributed by atoms with Gasteiger partial charge in [0.1, 0.15) is 12.0 Å². The minimum atomic E-state index is -0.299. The molecule has 0 saturated heterocycles. The highest BCUT2D eigenvalue weighted by molar-refractivity contribution is 6.30.